The average molecular weight is 290 g/mol. The first-order valence-corrected chi connectivity index (χ1v) is 7.28. The summed E-state index contributed by atoms with van der Waals surface area (Å²) in [5, 5.41) is 13.6. The van der Waals surface area contributed by atoms with Crippen molar-refractivity contribution in [3.63, 3.8) is 0 Å². The van der Waals surface area contributed by atoms with Crippen LogP contribution in [0.15, 0.2) is 30.3 Å². The number of thiazole rings is 1. The molecule has 0 bridgehead atoms. The molecule has 0 aliphatic carbocycles. The van der Waals surface area contributed by atoms with E-state index in [0.717, 1.165) is 21.1 Å². The van der Waals surface area contributed by atoms with Crippen LogP contribution in [0.2, 0.25) is 0 Å². The normalized spacial score (nSPS) is 13.9. The van der Waals surface area contributed by atoms with Crippen molar-refractivity contribution in [3.05, 3.63) is 51.5 Å². The van der Waals surface area contributed by atoms with Gasteiger partial charge in [0, 0.05) is 10.9 Å². The summed E-state index contributed by atoms with van der Waals surface area (Å²) in [6.45, 7) is 5.88. The van der Waals surface area contributed by atoms with Crippen LogP contribution in [-0.2, 0) is 4.79 Å². The Kier molecular flexibility index (Phi) is 4.52. The summed E-state index contributed by atoms with van der Waals surface area (Å²) in [6.07, 6.45) is 0. The van der Waals surface area contributed by atoms with Crippen LogP contribution in [0.4, 0.5) is 0 Å². The molecular weight excluding hydrogens is 272 g/mol. The van der Waals surface area contributed by atoms with E-state index in [-0.39, 0.29) is 6.04 Å². The van der Waals surface area contributed by atoms with Crippen molar-refractivity contribution in [2.45, 2.75) is 32.9 Å². The predicted octanol–water partition coefficient (Wildman–Crippen LogP) is 3.24. The van der Waals surface area contributed by atoms with E-state index in [4.69, 9.17) is 0 Å². The van der Waals surface area contributed by atoms with E-state index in [0.29, 0.717) is 0 Å². The van der Waals surface area contributed by atoms with Gasteiger partial charge in [0.05, 0.1) is 10.7 Å². The van der Waals surface area contributed by atoms with Crippen LogP contribution in [-0.4, -0.2) is 16.1 Å². The number of aliphatic carboxylic acids is 1. The van der Waals surface area contributed by atoms with Crippen LogP contribution in [0.25, 0.3) is 0 Å². The van der Waals surface area contributed by atoms with Crippen LogP contribution in [0, 0.1) is 13.8 Å². The minimum atomic E-state index is -0.873. The van der Waals surface area contributed by atoms with Crippen molar-refractivity contribution in [1.82, 2.24) is 10.3 Å². The summed E-state index contributed by atoms with van der Waals surface area (Å²) in [5.74, 6) is -0.873. The predicted molar refractivity (Wildman–Crippen MR) is 80.0 cm³/mol. The topological polar surface area (TPSA) is 62.2 Å². The molecule has 0 saturated heterocycles. The number of aromatic nitrogens is 1. The fraction of sp³-hybridized carbons (Fsp3) is 0.333. The van der Waals surface area contributed by atoms with E-state index in [9.17, 15) is 9.90 Å². The van der Waals surface area contributed by atoms with Gasteiger partial charge in [0.25, 0.3) is 0 Å². The van der Waals surface area contributed by atoms with Crippen molar-refractivity contribution in [1.29, 1.82) is 0 Å². The Labute approximate surface area is 122 Å². The smallest absolute Gasteiger partial charge is 0.325 e. The Hall–Kier alpha value is -1.72. The van der Waals surface area contributed by atoms with Crippen LogP contribution >= 0.6 is 11.3 Å². The van der Waals surface area contributed by atoms with Gasteiger partial charge in [0.15, 0.2) is 0 Å². The first-order chi connectivity index (χ1) is 9.49. The van der Waals surface area contributed by atoms with E-state index >= 15 is 0 Å². The highest BCUT2D eigenvalue weighted by atomic mass is 32.1. The zero-order valence-corrected chi connectivity index (χ0v) is 12.6. The molecule has 1 heterocycles. The first kappa shape index (κ1) is 14.7. The molecule has 1 aromatic heterocycles. The maximum atomic E-state index is 11.5. The molecule has 4 nitrogen and oxygen atoms in total. The first-order valence-electron chi connectivity index (χ1n) is 6.46. The number of carbonyl (C=O) groups is 1. The van der Waals surface area contributed by atoms with Crippen molar-refractivity contribution >= 4 is 17.3 Å². The zero-order chi connectivity index (χ0) is 14.7. The van der Waals surface area contributed by atoms with Gasteiger partial charge in [-0.25, -0.2) is 4.98 Å². The van der Waals surface area contributed by atoms with Crippen molar-refractivity contribution < 1.29 is 9.90 Å². The molecule has 2 N–H and O–H groups in total. The Bertz CT molecular complexity index is 595. The average Bonchev–Trinajstić information content (AvgIpc) is 2.75. The molecule has 1 aromatic carbocycles. The van der Waals surface area contributed by atoms with Gasteiger partial charge in [-0.15, -0.1) is 11.3 Å². The van der Waals surface area contributed by atoms with Crippen LogP contribution in [0.1, 0.15) is 40.1 Å². The lowest BCUT2D eigenvalue weighted by Crippen LogP contribution is -2.30. The van der Waals surface area contributed by atoms with Crippen molar-refractivity contribution in [2.24, 2.45) is 0 Å². The fourth-order valence-corrected chi connectivity index (χ4v) is 3.17. The number of carboxylic acid groups (broad SMARTS) is 1. The van der Waals surface area contributed by atoms with Crippen molar-refractivity contribution in [3.8, 4) is 0 Å². The van der Waals surface area contributed by atoms with Crippen LogP contribution in [0.3, 0.4) is 0 Å². The number of aryl methyl sites for hydroxylation is 2. The number of hydrogen-bond donors (Lipinski definition) is 2. The van der Waals surface area contributed by atoms with Crippen LogP contribution < -0.4 is 5.32 Å². The third kappa shape index (κ3) is 3.23. The maximum absolute atomic E-state index is 11.5. The molecule has 20 heavy (non-hydrogen) atoms. The minimum Gasteiger partial charge on any atom is -0.480 e. The Balaban J connectivity index is 2.21. The summed E-state index contributed by atoms with van der Waals surface area (Å²) < 4.78 is 0. The van der Waals surface area contributed by atoms with E-state index < -0.39 is 12.0 Å². The number of nitrogens with zero attached hydrogens (tertiary/aromatic N) is 1. The zero-order valence-electron chi connectivity index (χ0n) is 11.8. The molecule has 2 aromatic rings. The molecule has 0 aliphatic rings. The van der Waals surface area contributed by atoms with E-state index in [1.165, 1.54) is 0 Å². The Morgan fingerprint density at radius 2 is 1.95 bits per heavy atom. The summed E-state index contributed by atoms with van der Waals surface area (Å²) in [6, 6.07) is 8.45. The van der Waals surface area contributed by atoms with Gasteiger partial charge >= 0.3 is 5.97 Å². The van der Waals surface area contributed by atoms with Crippen LogP contribution in [0.5, 0.6) is 0 Å². The summed E-state index contributed by atoms with van der Waals surface area (Å²) in [7, 11) is 0. The molecule has 0 spiro atoms. The van der Waals surface area contributed by atoms with Gasteiger partial charge in [-0.05, 0) is 26.3 Å². The molecule has 2 unspecified atom stereocenters. The van der Waals surface area contributed by atoms with Gasteiger partial charge in [-0.3, -0.25) is 10.1 Å². The number of rotatable bonds is 5. The monoisotopic (exact) mass is 290 g/mol. The van der Waals surface area contributed by atoms with Gasteiger partial charge < -0.3 is 5.11 Å². The Morgan fingerprint density at radius 3 is 2.45 bits per heavy atom. The standard InChI is InChI=1S/C15H18N2O2S/c1-9-14(20-11(3)16-9)10(2)17-13(15(18)19)12-7-5-4-6-8-12/h4-8,10,13,17H,1-3H3,(H,18,19). The molecule has 0 fully saturated rings. The number of benzene rings is 1. The minimum absolute atomic E-state index is 0.0532. The number of hydrogen-bond acceptors (Lipinski definition) is 4. The molecule has 5 heteroatoms. The van der Waals surface area contributed by atoms with E-state index in [1.807, 2.05) is 51.1 Å². The summed E-state index contributed by atoms with van der Waals surface area (Å²) >= 11 is 1.60. The molecule has 106 valence electrons. The maximum Gasteiger partial charge on any atom is 0.325 e. The molecular formula is C15H18N2O2S. The number of nitrogens with one attached hydrogen (secondary N) is 1. The third-order valence-electron chi connectivity index (χ3n) is 3.13. The second-order valence-corrected chi connectivity index (χ2v) is 5.99. The second-order valence-electron chi connectivity index (χ2n) is 4.75. The SMILES string of the molecule is Cc1nc(C)c(C(C)NC(C(=O)O)c2ccccc2)s1. The summed E-state index contributed by atoms with van der Waals surface area (Å²) in [5.41, 5.74) is 1.72. The van der Waals surface area contributed by atoms with E-state index in [1.54, 1.807) is 11.3 Å². The summed E-state index contributed by atoms with van der Waals surface area (Å²) in [4.78, 5) is 17.0. The highest BCUT2D eigenvalue weighted by Gasteiger charge is 2.23. The molecule has 0 aliphatic heterocycles. The molecule has 0 saturated carbocycles. The lowest BCUT2D eigenvalue weighted by Gasteiger charge is -2.20. The molecule has 2 atom stereocenters. The second kappa shape index (κ2) is 6.15. The third-order valence-corrected chi connectivity index (χ3v) is 4.38. The van der Waals surface area contributed by atoms with E-state index in [2.05, 4.69) is 10.3 Å². The molecule has 0 amide bonds. The van der Waals surface area contributed by atoms with Gasteiger partial charge in [-0.1, -0.05) is 30.3 Å². The fourth-order valence-electron chi connectivity index (χ4n) is 2.23. The van der Waals surface area contributed by atoms with Gasteiger partial charge in [-0.2, -0.15) is 0 Å². The number of carboxylic acids is 1. The molecule has 0 radical (unpaired) electrons. The lowest BCUT2D eigenvalue weighted by atomic mass is 10.1. The highest BCUT2D eigenvalue weighted by molar-refractivity contribution is 7.11. The molecule has 2 rings (SSSR count). The highest BCUT2D eigenvalue weighted by Crippen LogP contribution is 2.27. The largest absolute Gasteiger partial charge is 0.480 e. The Morgan fingerprint density at radius 1 is 1.30 bits per heavy atom. The lowest BCUT2D eigenvalue weighted by molar-refractivity contribution is -0.139. The quantitative estimate of drug-likeness (QED) is 0.887. The van der Waals surface area contributed by atoms with Gasteiger partial charge in [0.2, 0.25) is 0 Å². The van der Waals surface area contributed by atoms with Gasteiger partial charge in [0.1, 0.15) is 6.04 Å². The van der Waals surface area contributed by atoms with Crippen molar-refractivity contribution in [2.75, 3.05) is 0 Å².